The molecule has 156 valence electrons. The molecule has 0 radical (unpaired) electrons. The van der Waals surface area contributed by atoms with Gasteiger partial charge in [0.05, 0.1) is 11.8 Å². The molecule has 31 heavy (non-hydrogen) atoms. The van der Waals surface area contributed by atoms with Gasteiger partial charge in [-0.1, -0.05) is 78.5 Å². The van der Waals surface area contributed by atoms with E-state index in [-0.39, 0.29) is 11.2 Å². The van der Waals surface area contributed by atoms with Gasteiger partial charge in [0.1, 0.15) is 5.82 Å². The summed E-state index contributed by atoms with van der Waals surface area (Å²) in [6, 6.07) is 24.4. The Balaban J connectivity index is 1.35. The van der Waals surface area contributed by atoms with Gasteiger partial charge < -0.3 is 9.88 Å². The van der Waals surface area contributed by atoms with Crippen molar-refractivity contribution in [1.82, 2.24) is 14.8 Å². The van der Waals surface area contributed by atoms with Gasteiger partial charge in [-0.25, -0.2) is 0 Å². The normalized spacial score (nSPS) is 14.5. The molecule has 0 spiro atoms. The lowest BCUT2D eigenvalue weighted by molar-refractivity contribution is -0.115. The number of carbonyl (C=O) groups excluding carboxylic acids is 1. The first-order chi connectivity index (χ1) is 15.2. The van der Waals surface area contributed by atoms with E-state index >= 15 is 0 Å². The van der Waals surface area contributed by atoms with Crippen molar-refractivity contribution < 1.29 is 4.79 Å². The molecule has 0 saturated heterocycles. The van der Waals surface area contributed by atoms with Crippen LogP contribution in [0.2, 0.25) is 0 Å². The number of carbonyl (C=O) groups is 1. The number of benzene rings is 3. The van der Waals surface area contributed by atoms with Crippen LogP contribution >= 0.6 is 11.8 Å². The Hall–Kier alpha value is -3.12. The fourth-order valence-corrected chi connectivity index (χ4v) is 4.58. The quantitative estimate of drug-likeness (QED) is 0.396. The molecule has 1 atom stereocenters. The van der Waals surface area contributed by atoms with Crippen molar-refractivity contribution in [2.75, 3.05) is 5.32 Å². The van der Waals surface area contributed by atoms with Gasteiger partial charge in [0.2, 0.25) is 5.91 Å². The second kappa shape index (κ2) is 8.55. The number of aromatic nitrogens is 3. The molecular formula is C25H24N4OS. The van der Waals surface area contributed by atoms with Crippen LogP contribution < -0.4 is 5.32 Å². The average Bonchev–Trinajstić information content (AvgIpc) is 3.57. The molecule has 1 amide bonds. The summed E-state index contributed by atoms with van der Waals surface area (Å²) in [6.07, 6.45) is 2.32. The molecule has 6 heteroatoms. The second-order valence-electron chi connectivity index (χ2n) is 7.96. The number of hydrogen-bond donors (Lipinski definition) is 1. The van der Waals surface area contributed by atoms with Crippen molar-refractivity contribution in [2.24, 2.45) is 0 Å². The van der Waals surface area contributed by atoms with E-state index in [0.717, 1.165) is 46.8 Å². The Bertz CT molecular complexity index is 1210. The largest absolute Gasteiger partial charge is 0.325 e. The molecular weight excluding hydrogens is 404 g/mol. The van der Waals surface area contributed by atoms with Crippen LogP contribution in [-0.2, 0) is 11.3 Å². The fraction of sp³-hybridized carbons (Fsp3) is 0.240. The lowest BCUT2D eigenvalue weighted by atomic mass is 10.1. The van der Waals surface area contributed by atoms with Gasteiger partial charge in [0.25, 0.3) is 0 Å². The van der Waals surface area contributed by atoms with Gasteiger partial charge in [-0.3, -0.25) is 4.79 Å². The monoisotopic (exact) mass is 428 g/mol. The predicted molar refractivity (Wildman–Crippen MR) is 125 cm³/mol. The highest BCUT2D eigenvalue weighted by Gasteiger charge is 2.31. The summed E-state index contributed by atoms with van der Waals surface area (Å²) in [4.78, 5) is 13.0. The zero-order valence-corrected chi connectivity index (χ0v) is 18.2. The summed E-state index contributed by atoms with van der Waals surface area (Å²) < 4.78 is 2.18. The first-order valence-electron chi connectivity index (χ1n) is 10.6. The Morgan fingerprint density at radius 3 is 2.58 bits per heavy atom. The first kappa shape index (κ1) is 19.8. The van der Waals surface area contributed by atoms with Crippen molar-refractivity contribution >= 4 is 34.1 Å². The van der Waals surface area contributed by atoms with E-state index in [0.29, 0.717) is 5.92 Å². The molecule has 0 aliphatic heterocycles. The maximum atomic E-state index is 13.0. The van der Waals surface area contributed by atoms with Crippen LogP contribution in [0, 0.1) is 0 Å². The third kappa shape index (κ3) is 4.35. The lowest BCUT2D eigenvalue weighted by Crippen LogP contribution is -2.23. The van der Waals surface area contributed by atoms with Crippen LogP contribution in [0.1, 0.15) is 37.1 Å². The second-order valence-corrected chi connectivity index (χ2v) is 9.27. The van der Waals surface area contributed by atoms with Crippen molar-refractivity contribution in [3.05, 3.63) is 84.2 Å². The molecule has 1 unspecified atom stereocenters. The minimum Gasteiger partial charge on any atom is -0.325 e. The maximum absolute atomic E-state index is 13.0. The number of nitrogens with one attached hydrogen (secondary N) is 1. The lowest BCUT2D eigenvalue weighted by Gasteiger charge is -2.15. The van der Waals surface area contributed by atoms with Crippen molar-refractivity contribution in [3.63, 3.8) is 0 Å². The van der Waals surface area contributed by atoms with Crippen LogP contribution in [0.25, 0.3) is 10.8 Å². The van der Waals surface area contributed by atoms with Gasteiger partial charge >= 0.3 is 0 Å². The number of amides is 1. The van der Waals surface area contributed by atoms with Gasteiger partial charge in [0, 0.05) is 17.0 Å². The molecule has 4 aromatic rings. The summed E-state index contributed by atoms with van der Waals surface area (Å²) >= 11 is 1.47. The number of rotatable bonds is 7. The third-order valence-electron chi connectivity index (χ3n) is 5.57. The number of thioether (sulfide) groups is 1. The summed E-state index contributed by atoms with van der Waals surface area (Å²) in [5.74, 6) is 1.49. The number of fused-ring (bicyclic) bond motifs is 1. The molecule has 5 rings (SSSR count). The van der Waals surface area contributed by atoms with E-state index in [1.165, 1.54) is 17.3 Å². The Kier molecular flexibility index (Phi) is 5.47. The zero-order valence-electron chi connectivity index (χ0n) is 17.4. The molecule has 1 N–H and O–H groups in total. The van der Waals surface area contributed by atoms with E-state index in [1.54, 1.807) is 0 Å². The molecule has 1 saturated carbocycles. The maximum Gasteiger partial charge on any atom is 0.237 e. The van der Waals surface area contributed by atoms with Crippen LogP contribution in [0.3, 0.4) is 0 Å². The van der Waals surface area contributed by atoms with Crippen molar-refractivity contribution in [1.29, 1.82) is 0 Å². The average molecular weight is 429 g/mol. The molecule has 1 aromatic heterocycles. The van der Waals surface area contributed by atoms with Gasteiger partial charge in [-0.05, 0) is 36.8 Å². The summed E-state index contributed by atoms with van der Waals surface area (Å²) in [6.45, 7) is 2.64. The van der Waals surface area contributed by atoms with Gasteiger partial charge in [0.15, 0.2) is 5.16 Å². The minimum absolute atomic E-state index is 0.0383. The first-order valence-corrected chi connectivity index (χ1v) is 11.5. The highest BCUT2D eigenvalue weighted by molar-refractivity contribution is 8.00. The van der Waals surface area contributed by atoms with Gasteiger partial charge in [-0.2, -0.15) is 0 Å². The van der Waals surface area contributed by atoms with Crippen molar-refractivity contribution in [3.8, 4) is 0 Å². The standard InChI is InChI=1S/C25H24N4OS/c1-17(24(30)26-22-13-7-11-19-10-5-6-12-21(19)22)31-25-28-27-23(20-14-15-20)29(25)16-18-8-3-2-4-9-18/h2-13,17,20H,14-16H2,1H3,(H,26,30). The summed E-state index contributed by atoms with van der Waals surface area (Å²) in [5, 5.41) is 14.7. The number of nitrogens with zero attached hydrogens (tertiary/aromatic N) is 3. The molecule has 1 fully saturated rings. The van der Waals surface area contributed by atoms with Crippen LogP contribution in [0.4, 0.5) is 5.69 Å². The minimum atomic E-state index is -0.301. The number of hydrogen-bond acceptors (Lipinski definition) is 4. The van der Waals surface area contributed by atoms with E-state index in [1.807, 2.05) is 55.5 Å². The van der Waals surface area contributed by atoms with Crippen LogP contribution in [0.5, 0.6) is 0 Å². The van der Waals surface area contributed by atoms with Crippen LogP contribution in [-0.4, -0.2) is 25.9 Å². The predicted octanol–water partition coefficient (Wildman–Crippen LogP) is 5.48. The molecule has 0 bridgehead atoms. The molecule has 1 aliphatic carbocycles. The smallest absolute Gasteiger partial charge is 0.237 e. The van der Waals surface area contributed by atoms with E-state index < -0.39 is 0 Å². The van der Waals surface area contributed by atoms with E-state index in [9.17, 15) is 4.79 Å². The highest BCUT2D eigenvalue weighted by Crippen LogP contribution is 2.40. The topological polar surface area (TPSA) is 59.8 Å². The summed E-state index contributed by atoms with van der Waals surface area (Å²) in [7, 11) is 0. The molecule has 1 heterocycles. The SMILES string of the molecule is CC(Sc1nnc(C2CC2)n1Cc1ccccc1)C(=O)Nc1cccc2ccccc12. The Morgan fingerprint density at radius 2 is 1.77 bits per heavy atom. The van der Waals surface area contributed by atoms with Gasteiger partial charge in [-0.15, -0.1) is 10.2 Å². The Labute approximate surface area is 185 Å². The Morgan fingerprint density at radius 1 is 1.03 bits per heavy atom. The highest BCUT2D eigenvalue weighted by atomic mass is 32.2. The molecule has 5 nitrogen and oxygen atoms in total. The summed E-state index contributed by atoms with van der Waals surface area (Å²) in [5.41, 5.74) is 2.04. The van der Waals surface area contributed by atoms with E-state index in [2.05, 4.69) is 44.3 Å². The van der Waals surface area contributed by atoms with E-state index in [4.69, 9.17) is 0 Å². The van der Waals surface area contributed by atoms with Crippen LogP contribution in [0.15, 0.2) is 78.0 Å². The zero-order chi connectivity index (χ0) is 21.2. The molecule has 3 aromatic carbocycles. The number of anilines is 1. The third-order valence-corrected chi connectivity index (χ3v) is 6.65. The fourth-order valence-electron chi connectivity index (χ4n) is 3.73. The molecule has 1 aliphatic rings. The van der Waals surface area contributed by atoms with Crippen molar-refractivity contribution in [2.45, 2.75) is 42.6 Å².